The summed E-state index contributed by atoms with van der Waals surface area (Å²) in [4.78, 5) is 23.8. The van der Waals surface area contributed by atoms with E-state index in [2.05, 4.69) is 11.6 Å². The largest absolute Gasteiger partial charge is 0.481 e. The van der Waals surface area contributed by atoms with Crippen molar-refractivity contribution >= 4 is 21.9 Å². The molecule has 0 bridgehead atoms. The van der Waals surface area contributed by atoms with Gasteiger partial charge in [-0.3, -0.25) is 9.59 Å². The zero-order valence-electron chi connectivity index (χ0n) is 13.4. The van der Waals surface area contributed by atoms with E-state index >= 15 is 0 Å². The number of aliphatic carboxylic acids is 1. The van der Waals surface area contributed by atoms with Crippen LogP contribution >= 0.6 is 0 Å². The average molecular weight is 334 g/mol. The minimum atomic E-state index is -3.69. The first-order valence-electron chi connectivity index (χ1n) is 7.57. The first-order valence-corrected chi connectivity index (χ1v) is 9.22. The van der Waals surface area contributed by atoms with Gasteiger partial charge in [-0.05, 0) is 31.6 Å². The van der Waals surface area contributed by atoms with E-state index in [0.29, 0.717) is 5.92 Å². The Labute approximate surface area is 132 Å². The lowest BCUT2D eigenvalue weighted by molar-refractivity contribution is -0.142. The van der Waals surface area contributed by atoms with Crippen LogP contribution in [-0.2, 0) is 19.6 Å². The van der Waals surface area contributed by atoms with Gasteiger partial charge in [-0.25, -0.2) is 13.1 Å². The molecule has 22 heavy (non-hydrogen) atoms. The van der Waals surface area contributed by atoms with Crippen LogP contribution in [0.25, 0.3) is 0 Å². The fourth-order valence-electron chi connectivity index (χ4n) is 2.54. The molecule has 0 aromatic carbocycles. The first-order chi connectivity index (χ1) is 10.1. The highest BCUT2D eigenvalue weighted by molar-refractivity contribution is 7.90. The zero-order valence-corrected chi connectivity index (χ0v) is 14.2. The number of nitrogens with zero attached hydrogens (tertiary/aromatic N) is 1. The van der Waals surface area contributed by atoms with Crippen LogP contribution in [0.4, 0.5) is 0 Å². The highest BCUT2D eigenvalue weighted by atomic mass is 32.2. The van der Waals surface area contributed by atoms with E-state index in [1.54, 1.807) is 0 Å². The summed E-state index contributed by atoms with van der Waals surface area (Å²) in [6.07, 6.45) is 3.55. The third kappa shape index (κ3) is 6.31. The second-order valence-electron chi connectivity index (χ2n) is 6.35. The highest BCUT2D eigenvalue weighted by Gasteiger charge is 2.26. The molecule has 1 rings (SSSR count). The molecule has 1 atom stereocenters. The number of carboxylic acids is 1. The predicted octanol–water partition coefficient (Wildman–Crippen LogP) is 0.664. The number of hydrogen-bond acceptors (Lipinski definition) is 4. The summed E-state index contributed by atoms with van der Waals surface area (Å²) in [6, 6.07) is -0.0998. The van der Waals surface area contributed by atoms with Crippen LogP contribution in [0.1, 0.15) is 39.5 Å². The van der Waals surface area contributed by atoms with Crippen molar-refractivity contribution < 1.29 is 23.1 Å². The third-order valence-corrected chi connectivity index (χ3v) is 5.39. The summed E-state index contributed by atoms with van der Waals surface area (Å²) < 4.78 is 26.7. The summed E-state index contributed by atoms with van der Waals surface area (Å²) >= 11 is 0. The Hall–Kier alpha value is -1.15. The van der Waals surface area contributed by atoms with E-state index in [4.69, 9.17) is 5.11 Å². The molecule has 1 fully saturated rings. The van der Waals surface area contributed by atoms with Crippen LogP contribution in [0.2, 0.25) is 0 Å². The lowest BCUT2D eigenvalue weighted by atomic mass is 9.88. The standard InChI is InChI=1S/C14H26N2O5S/c1-10-4-6-12(7-5-10)15-22(20,21)9-13(17)16(3)8-11(2)14(18)19/h10-12,15H,4-9H2,1-3H3,(H,18,19). The molecule has 1 aliphatic rings. The fourth-order valence-corrected chi connectivity index (χ4v) is 3.91. The topological polar surface area (TPSA) is 104 Å². The van der Waals surface area contributed by atoms with Gasteiger partial charge < -0.3 is 10.0 Å². The van der Waals surface area contributed by atoms with E-state index < -0.39 is 33.6 Å². The molecule has 1 saturated carbocycles. The molecule has 0 radical (unpaired) electrons. The van der Waals surface area contributed by atoms with Crippen LogP contribution in [-0.4, -0.2) is 55.7 Å². The normalized spacial score (nSPS) is 23.8. The lowest BCUT2D eigenvalue weighted by Crippen LogP contribution is -2.44. The van der Waals surface area contributed by atoms with Crippen molar-refractivity contribution in [3.8, 4) is 0 Å². The van der Waals surface area contributed by atoms with E-state index in [9.17, 15) is 18.0 Å². The van der Waals surface area contributed by atoms with Crippen molar-refractivity contribution in [1.29, 1.82) is 0 Å². The van der Waals surface area contributed by atoms with Crippen LogP contribution in [0.15, 0.2) is 0 Å². The summed E-state index contributed by atoms with van der Waals surface area (Å²) in [6.45, 7) is 3.61. The van der Waals surface area contributed by atoms with Gasteiger partial charge in [0.2, 0.25) is 15.9 Å². The Morgan fingerprint density at radius 1 is 1.27 bits per heavy atom. The molecule has 1 unspecified atom stereocenters. The van der Waals surface area contributed by atoms with Crippen LogP contribution in [0.3, 0.4) is 0 Å². The van der Waals surface area contributed by atoms with E-state index in [0.717, 1.165) is 30.6 Å². The van der Waals surface area contributed by atoms with Crippen molar-refractivity contribution in [2.24, 2.45) is 11.8 Å². The third-order valence-electron chi connectivity index (χ3n) is 4.07. The Morgan fingerprint density at radius 2 is 1.82 bits per heavy atom. The number of rotatable bonds is 7. The maximum atomic E-state index is 12.0. The average Bonchev–Trinajstić information content (AvgIpc) is 2.40. The molecule has 1 amide bonds. The van der Waals surface area contributed by atoms with Gasteiger partial charge in [0, 0.05) is 19.6 Å². The number of amides is 1. The van der Waals surface area contributed by atoms with Gasteiger partial charge in [0.15, 0.2) is 0 Å². The van der Waals surface area contributed by atoms with Gasteiger partial charge in [0.1, 0.15) is 5.75 Å². The van der Waals surface area contributed by atoms with Crippen LogP contribution in [0.5, 0.6) is 0 Å². The van der Waals surface area contributed by atoms with E-state index in [1.807, 2.05) is 0 Å². The molecule has 128 valence electrons. The van der Waals surface area contributed by atoms with Gasteiger partial charge in [0.05, 0.1) is 5.92 Å². The zero-order chi connectivity index (χ0) is 16.9. The van der Waals surface area contributed by atoms with Gasteiger partial charge in [-0.1, -0.05) is 13.8 Å². The van der Waals surface area contributed by atoms with Crippen molar-refractivity contribution in [2.45, 2.75) is 45.6 Å². The van der Waals surface area contributed by atoms with Gasteiger partial charge >= 0.3 is 5.97 Å². The van der Waals surface area contributed by atoms with E-state index in [-0.39, 0.29) is 12.6 Å². The summed E-state index contributed by atoms with van der Waals surface area (Å²) in [5.41, 5.74) is 0. The molecule has 8 heteroatoms. The minimum absolute atomic E-state index is 0.00930. The van der Waals surface area contributed by atoms with Crippen LogP contribution < -0.4 is 4.72 Å². The summed E-state index contributed by atoms with van der Waals surface area (Å²) in [5, 5.41) is 8.81. The SMILES string of the molecule is CC1CCC(NS(=O)(=O)CC(=O)N(C)CC(C)C(=O)O)CC1. The number of sulfonamides is 1. The van der Waals surface area contributed by atoms with E-state index in [1.165, 1.54) is 14.0 Å². The molecule has 1 aliphatic carbocycles. The number of carbonyl (C=O) groups is 2. The fraction of sp³-hybridized carbons (Fsp3) is 0.857. The molecule has 0 aromatic rings. The number of hydrogen-bond donors (Lipinski definition) is 2. The van der Waals surface area contributed by atoms with Gasteiger partial charge in [0.25, 0.3) is 0 Å². The maximum Gasteiger partial charge on any atom is 0.308 e. The molecule has 0 heterocycles. The molecule has 0 saturated heterocycles. The Balaban J connectivity index is 2.49. The molecule has 0 spiro atoms. The summed E-state index contributed by atoms with van der Waals surface area (Å²) in [5.74, 6) is -2.36. The molecule has 0 aromatic heterocycles. The molecule has 0 aliphatic heterocycles. The highest BCUT2D eigenvalue weighted by Crippen LogP contribution is 2.23. The second kappa shape index (κ2) is 7.92. The molecule has 2 N–H and O–H groups in total. The quantitative estimate of drug-likeness (QED) is 0.712. The number of carbonyl (C=O) groups excluding carboxylic acids is 1. The Kier molecular flexibility index (Phi) is 6.80. The van der Waals surface area contributed by atoms with Crippen molar-refractivity contribution in [2.75, 3.05) is 19.3 Å². The molecular formula is C14H26N2O5S. The monoisotopic (exact) mass is 334 g/mol. The van der Waals surface area contributed by atoms with Crippen molar-refractivity contribution in [3.63, 3.8) is 0 Å². The molecule has 7 nitrogen and oxygen atoms in total. The number of carboxylic acid groups (broad SMARTS) is 1. The predicted molar refractivity (Wildman–Crippen MR) is 82.8 cm³/mol. The molecular weight excluding hydrogens is 308 g/mol. The lowest BCUT2D eigenvalue weighted by Gasteiger charge is -2.27. The second-order valence-corrected chi connectivity index (χ2v) is 8.10. The smallest absolute Gasteiger partial charge is 0.308 e. The Morgan fingerprint density at radius 3 is 2.32 bits per heavy atom. The van der Waals surface area contributed by atoms with Gasteiger partial charge in [-0.2, -0.15) is 0 Å². The maximum absolute atomic E-state index is 12.0. The van der Waals surface area contributed by atoms with Gasteiger partial charge in [-0.15, -0.1) is 0 Å². The minimum Gasteiger partial charge on any atom is -0.481 e. The summed E-state index contributed by atoms with van der Waals surface area (Å²) in [7, 11) is -2.27. The van der Waals surface area contributed by atoms with Crippen molar-refractivity contribution in [1.82, 2.24) is 9.62 Å². The Bertz CT molecular complexity index is 497. The van der Waals surface area contributed by atoms with Crippen molar-refractivity contribution in [3.05, 3.63) is 0 Å². The van der Waals surface area contributed by atoms with Crippen LogP contribution in [0, 0.1) is 11.8 Å². The number of nitrogens with one attached hydrogen (secondary N) is 1. The first kappa shape index (κ1) is 18.9.